The zero-order valence-electron chi connectivity index (χ0n) is 12.5. The van der Waals surface area contributed by atoms with Gasteiger partial charge in [-0.05, 0) is 45.3 Å². The number of carboxylic acid groups (broad SMARTS) is 1. The fraction of sp³-hybridized carbons (Fsp3) is 0.733. The van der Waals surface area contributed by atoms with Crippen LogP contribution in [-0.4, -0.2) is 38.8 Å². The van der Waals surface area contributed by atoms with Crippen molar-refractivity contribution >= 4 is 5.97 Å². The molecule has 1 saturated heterocycles. The lowest BCUT2D eigenvalue weighted by Gasteiger charge is -2.38. The molecule has 0 saturated carbocycles. The summed E-state index contributed by atoms with van der Waals surface area (Å²) in [5.74, 6) is -0.613. The molecule has 0 spiro atoms. The van der Waals surface area contributed by atoms with Crippen molar-refractivity contribution in [2.75, 3.05) is 13.1 Å². The van der Waals surface area contributed by atoms with Gasteiger partial charge in [0.15, 0.2) is 0 Å². The van der Waals surface area contributed by atoms with Crippen molar-refractivity contribution in [1.82, 2.24) is 14.7 Å². The van der Waals surface area contributed by atoms with Gasteiger partial charge in [0.1, 0.15) is 0 Å². The Morgan fingerprint density at radius 3 is 2.65 bits per heavy atom. The lowest BCUT2D eigenvalue weighted by atomic mass is 9.75. The molecular weight excluding hydrogens is 254 g/mol. The molecule has 112 valence electrons. The highest BCUT2D eigenvalue weighted by Crippen LogP contribution is 2.36. The van der Waals surface area contributed by atoms with Crippen molar-refractivity contribution in [2.24, 2.45) is 5.41 Å². The lowest BCUT2D eigenvalue weighted by molar-refractivity contribution is -0.152. The molecule has 2 heterocycles. The maximum Gasteiger partial charge on any atom is 0.309 e. The SMILES string of the molecule is CCCC1(C(=O)O)CCN(Cc2ccnn2CC)CC1. The van der Waals surface area contributed by atoms with Crippen molar-refractivity contribution < 1.29 is 9.90 Å². The quantitative estimate of drug-likeness (QED) is 0.868. The molecule has 1 aliphatic heterocycles. The number of piperidine rings is 1. The maximum atomic E-state index is 11.6. The van der Waals surface area contributed by atoms with E-state index in [1.807, 2.05) is 10.9 Å². The molecule has 0 unspecified atom stereocenters. The Hall–Kier alpha value is -1.36. The third-order valence-corrected chi connectivity index (χ3v) is 4.49. The topological polar surface area (TPSA) is 58.4 Å². The highest BCUT2D eigenvalue weighted by atomic mass is 16.4. The van der Waals surface area contributed by atoms with E-state index in [0.29, 0.717) is 0 Å². The predicted molar refractivity (Wildman–Crippen MR) is 77.4 cm³/mol. The van der Waals surface area contributed by atoms with Crippen LogP contribution in [0.2, 0.25) is 0 Å². The average Bonchev–Trinajstić information content (AvgIpc) is 2.88. The molecule has 20 heavy (non-hydrogen) atoms. The molecule has 5 nitrogen and oxygen atoms in total. The normalized spacial score (nSPS) is 19.1. The van der Waals surface area contributed by atoms with Crippen LogP contribution in [0, 0.1) is 5.41 Å². The molecule has 5 heteroatoms. The van der Waals surface area contributed by atoms with Crippen molar-refractivity contribution in [3.63, 3.8) is 0 Å². The summed E-state index contributed by atoms with van der Waals surface area (Å²) in [5, 5.41) is 13.8. The molecule has 0 aliphatic carbocycles. The number of rotatable bonds is 6. The summed E-state index contributed by atoms with van der Waals surface area (Å²) in [6.45, 7) is 7.63. The van der Waals surface area contributed by atoms with Gasteiger partial charge in [-0.15, -0.1) is 0 Å². The minimum Gasteiger partial charge on any atom is -0.481 e. The van der Waals surface area contributed by atoms with Gasteiger partial charge in [-0.25, -0.2) is 0 Å². The van der Waals surface area contributed by atoms with Crippen LogP contribution in [0.3, 0.4) is 0 Å². The summed E-state index contributed by atoms with van der Waals surface area (Å²) in [5.41, 5.74) is 0.724. The Morgan fingerprint density at radius 2 is 2.10 bits per heavy atom. The van der Waals surface area contributed by atoms with E-state index in [1.165, 1.54) is 5.69 Å². The van der Waals surface area contributed by atoms with E-state index in [0.717, 1.165) is 51.9 Å². The van der Waals surface area contributed by atoms with Gasteiger partial charge in [-0.3, -0.25) is 14.4 Å². The highest BCUT2D eigenvalue weighted by Gasteiger charge is 2.40. The van der Waals surface area contributed by atoms with E-state index in [-0.39, 0.29) is 0 Å². The largest absolute Gasteiger partial charge is 0.481 e. The first kappa shape index (κ1) is 15.0. The van der Waals surface area contributed by atoms with E-state index in [2.05, 4.69) is 29.9 Å². The van der Waals surface area contributed by atoms with Crippen LogP contribution in [0.1, 0.15) is 45.2 Å². The smallest absolute Gasteiger partial charge is 0.309 e. The van der Waals surface area contributed by atoms with Crippen LogP contribution in [0.15, 0.2) is 12.3 Å². The van der Waals surface area contributed by atoms with Gasteiger partial charge in [-0.1, -0.05) is 13.3 Å². The highest BCUT2D eigenvalue weighted by molar-refractivity contribution is 5.74. The molecule has 1 aromatic rings. The molecule has 1 fully saturated rings. The summed E-state index contributed by atoms with van der Waals surface area (Å²) in [7, 11) is 0. The molecule has 0 atom stereocenters. The Labute approximate surface area is 120 Å². The molecular formula is C15H25N3O2. The van der Waals surface area contributed by atoms with Gasteiger partial charge in [0.25, 0.3) is 0 Å². The molecule has 0 aromatic carbocycles. The second kappa shape index (κ2) is 6.39. The van der Waals surface area contributed by atoms with Gasteiger partial charge in [0.2, 0.25) is 0 Å². The van der Waals surface area contributed by atoms with Crippen LogP contribution in [0.25, 0.3) is 0 Å². The van der Waals surface area contributed by atoms with Gasteiger partial charge in [0.05, 0.1) is 11.1 Å². The summed E-state index contributed by atoms with van der Waals surface area (Å²) in [6, 6.07) is 2.05. The fourth-order valence-electron chi connectivity index (χ4n) is 3.20. The maximum absolute atomic E-state index is 11.6. The Morgan fingerprint density at radius 1 is 1.40 bits per heavy atom. The first-order valence-electron chi connectivity index (χ1n) is 7.57. The second-order valence-corrected chi connectivity index (χ2v) is 5.75. The van der Waals surface area contributed by atoms with Gasteiger partial charge >= 0.3 is 5.97 Å². The molecule has 2 rings (SSSR count). The van der Waals surface area contributed by atoms with Gasteiger partial charge in [0, 0.05) is 19.3 Å². The minimum absolute atomic E-state index is 0.490. The van der Waals surface area contributed by atoms with Crippen LogP contribution in [0.5, 0.6) is 0 Å². The number of hydrogen-bond acceptors (Lipinski definition) is 3. The van der Waals surface area contributed by atoms with Crippen molar-refractivity contribution in [1.29, 1.82) is 0 Å². The summed E-state index contributed by atoms with van der Waals surface area (Å²) in [4.78, 5) is 13.9. The Bertz CT molecular complexity index is 448. The number of hydrogen-bond donors (Lipinski definition) is 1. The zero-order valence-corrected chi connectivity index (χ0v) is 12.5. The van der Waals surface area contributed by atoms with Crippen molar-refractivity contribution in [3.8, 4) is 0 Å². The fourth-order valence-corrected chi connectivity index (χ4v) is 3.20. The number of carboxylic acids is 1. The van der Waals surface area contributed by atoms with Crippen molar-refractivity contribution in [2.45, 2.75) is 52.6 Å². The molecule has 1 aliphatic rings. The van der Waals surface area contributed by atoms with E-state index >= 15 is 0 Å². The monoisotopic (exact) mass is 279 g/mol. The number of nitrogens with zero attached hydrogens (tertiary/aromatic N) is 3. The average molecular weight is 279 g/mol. The molecule has 0 radical (unpaired) electrons. The first-order valence-corrected chi connectivity index (χ1v) is 7.57. The first-order chi connectivity index (χ1) is 9.61. The lowest BCUT2D eigenvalue weighted by Crippen LogP contribution is -2.44. The number of aryl methyl sites for hydroxylation is 1. The molecule has 1 aromatic heterocycles. The van der Waals surface area contributed by atoms with Crippen LogP contribution < -0.4 is 0 Å². The number of likely N-dealkylation sites (tertiary alicyclic amines) is 1. The molecule has 1 N–H and O–H groups in total. The zero-order chi connectivity index (χ0) is 14.6. The standard InChI is InChI=1S/C15H25N3O2/c1-3-6-15(14(19)20)7-10-17(11-8-15)12-13-5-9-16-18(13)4-2/h5,9H,3-4,6-8,10-12H2,1-2H3,(H,19,20). The van der Waals surface area contributed by atoms with Gasteiger partial charge < -0.3 is 5.11 Å². The summed E-state index contributed by atoms with van der Waals surface area (Å²) < 4.78 is 2.01. The van der Waals surface area contributed by atoms with Crippen LogP contribution in [-0.2, 0) is 17.9 Å². The third kappa shape index (κ3) is 3.03. The van der Waals surface area contributed by atoms with E-state index in [4.69, 9.17) is 0 Å². The van der Waals surface area contributed by atoms with Crippen LogP contribution >= 0.6 is 0 Å². The summed E-state index contributed by atoms with van der Waals surface area (Å²) in [6.07, 6.45) is 5.09. The van der Waals surface area contributed by atoms with E-state index in [1.54, 1.807) is 0 Å². The predicted octanol–water partition coefficient (Wildman–Crippen LogP) is 2.37. The number of aliphatic carboxylic acids is 1. The Balaban J connectivity index is 1.95. The van der Waals surface area contributed by atoms with Crippen molar-refractivity contribution in [3.05, 3.63) is 18.0 Å². The van der Waals surface area contributed by atoms with E-state index in [9.17, 15) is 9.90 Å². The van der Waals surface area contributed by atoms with Gasteiger partial charge in [-0.2, -0.15) is 5.10 Å². The third-order valence-electron chi connectivity index (χ3n) is 4.49. The molecule has 0 amide bonds. The van der Waals surface area contributed by atoms with Crippen LogP contribution in [0.4, 0.5) is 0 Å². The molecule has 0 bridgehead atoms. The minimum atomic E-state index is -0.613. The summed E-state index contributed by atoms with van der Waals surface area (Å²) >= 11 is 0. The number of carbonyl (C=O) groups is 1. The Kier molecular flexibility index (Phi) is 4.81. The second-order valence-electron chi connectivity index (χ2n) is 5.75. The number of aromatic nitrogens is 2. The van der Waals surface area contributed by atoms with E-state index < -0.39 is 11.4 Å².